The topological polar surface area (TPSA) is 52.3 Å². The third-order valence-electron chi connectivity index (χ3n) is 4.55. The highest BCUT2D eigenvalue weighted by atomic mass is 32.2. The van der Waals surface area contributed by atoms with Crippen molar-refractivity contribution in [2.24, 2.45) is 17.1 Å². The van der Waals surface area contributed by atoms with Crippen LogP contribution in [0.3, 0.4) is 0 Å². The van der Waals surface area contributed by atoms with Gasteiger partial charge >= 0.3 is 12.3 Å². The van der Waals surface area contributed by atoms with Gasteiger partial charge in [-0.15, -0.1) is 11.8 Å². The molecule has 2 rings (SSSR count). The van der Waals surface area contributed by atoms with Crippen LogP contribution in [0.1, 0.15) is 39.2 Å². The van der Waals surface area contributed by atoms with Crippen molar-refractivity contribution in [1.29, 1.82) is 0 Å². The second kappa shape index (κ2) is 6.50. The monoisotopic (exact) mass is 361 g/mol. The van der Waals surface area contributed by atoms with Gasteiger partial charge in [0.05, 0.1) is 5.56 Å². The van der Waals surface area contributed by atoms with Crippen molar-refractivity contribution in [2.45, 2.75) is 50.3 Å². The molecule has 2 N–H and O–H groups in total. The van der Waals surface area contributed by atoms with E-state index in [2.05, 4.69) is 0 Å². The summed E-state index contributed by atoms with van der Waals surface area (Å²) in [6.45, 7) is 5.98. The minimum Gasteiger partial charge on any atom is -0.443 e. The number of thioether (sulfide) groups is 1. The first-order valence-corrected chi connectivity index (χ1v) is 8.70. The Balaban J connectivity index is 1.95. The van der Waals surface area contributed by atoms with Crippen molar-refractivity contribution in [3.63, 3.8) is 0 Å². The van der Waals surface area contributed by atoms with Gasteiger partial charge in [0.1, 0.15) is 5.60 Å². The molecule has 1 amide bonds. The Morgan fingerprint density at radius 3 is 2.46 bits per heavy atom. The molecule has 0 atom stereocenters. The zero-order chi connectivity index (χ0) is 18.2. The molecule has 0 bridgehead atoms. The molecule has 24 heavy (non-hydrogen) atoms. The van der Waals surface area contributed by atoms with Crippen LogP contribution in [0.25, 0.3) is 0 Å². The van der Waals surface area contributed by atoms with E-state index in [0.717, 1.165) is 6.07 Å². The van der Waals surface area contributed by atoms with E-state index in [0.29, 0.717) is 23.5 Å². The van der Waals surface area contributed by atoms with Crippen molar-refractivity contribution < 1.29 is 22.7 Å². The summed E-state index contributed by atoms with van der Waals surface area (Å²) in [4.78, 5) is 11.8. The Morgan fingerprint density at radius 1 is 1.33 bits per heavy atom. The first kappa shape index (κ1) is 19.0. The maximum absolute atomic E-state index is 12.7. The molecule has 1 aromatic rings. The second-order valence-corrected chi connectivity index (χ2v) is 8.37. The van der Waals surface area contributed by atoms with E-state index in [4.69, 9.17) is 10.5 Å². The van der Waals surface area contributed by atoms with Crippen LogP contribution in [-0.4, -0.2) is 17.4 Å². The summed E-state index contributed by atoms with van der Waals surface area (Å²) >= 11 is 1.39. The van der Waals surface area contributed by atoms with Crippen LogP contribution in [0.15, 0.2) is 29.2 Å². The summed E-state index contributed by atoms with van der Waals surface area (Å²) in [5.41, 5.74) is 3.72. The fraction of sp³-hybridized carbons (Fsp3) is 0.588. The van der Waals surface area contributed by atoms with Crippen molar-refractivity contribution >= 4 is 17.9 Å². The van der Waals surface area contributed by atoms with Gasteiger partial charge in [0.15, 0.2) is 0 Å². The Morgan fingerprint density at radius 2 is 1.96 bits per heavy atom. The average Bonchev–Trinajstić information content (AvgIpc) is 2.38. The van der Waals surface area contributed by atoms with Gasteiger partial charge in [-0.05, 0) is 37.0 Å². The Hall–Kier alpha value is -1.37. The lowest BCUT2D eigenvalue weighted by Gasteiger charge is -2.54. The number of hydrogen-bond donors (Lipinski definition) is 1. The minimum absolute atomic E-state index is 0.237. The summed E-state index contributed by atoms with van der Waals surface area (Å²) in [6, 6.07) is 5.33. The maximum atomic E-state index is 12.7. The number of nitrogens with two attached hydrogens (primary N) is 1. The standard InChI is InChI=1S/C17H22F3NO2S/c1-15(2,3)16(23-14(21)22)8-11(9-16)10-24-13-6-4-5-12(7-13)17(18,19)20/h4-7,11H,8-10H2,1-3H3,(H2,21,22)/t11-,16-. The molecular weight excluding hydrogens is 339 g/mol. The number of primary amides is 1. The first-order valence-electron chi connectivity index (χ1n) is 7.71. The lowest BCUT2D eigenvalue weighted by molar-refractivity contribution is -0.143. The van der Waals surface area contributed by atoms with Gasteiger partial charge < -0.3 is 10.5 Å². The minimum atomic E-state index is -4.33. The molecular formula is C17H22F3NO2S. The van der Waals surface area contributed by atoms with Crippen molar-refractivity contribution in [1.82, 2.24) is 0 Å². The summed E-state index contributed by atoms with van der Waals surface area (Å²) < 4.78 is 43.6. The number of benzene rings is 1. The zero-order valence-electron chi connectivity index (χ0n) is 13.9. The van der Waals surface area contributed by atoms with E-state index in [-0.39, 0.29) is 11.3 Å². The molecule has 0 radical (unpaired) electrons. The molecule has 0 heterocycles. The molecule has 1 aliphatic carbocycles. The number of halogens is 3. The number of rotatable bonds is 4. The third kappa shape index (κ3) is 4.18. The van der Waals surface area contributed by atoms with Gasteiger partial charge in [0.25, 0.3) is 0 Å². The van der Waals surface area contributed by atoms with Gasteiger partial charge in [0, 0.05) is 16.1 Å². The Bertz CT molecular complexity index is 605. The van der Waals surface area contributed by atoms with Crippen LogP contribution in [-0.2, 0) is 10.9 Å². The van der Waals surface area contributed by atoms with Gasteiger partial charge in [-0.1, -0.05) is 26.8 Å². The highest BCUT2D eigenvalue weighted by Crippen LogP contribution is 2.53. The molecule has 134 valence electrons. The zero-order valence-corrected chi connectivity index (χ0v) is 14.8. The van der Waals surface area contributed by atoms with Gasteiger partial charge in [-0.2, -0.15) is 13.2 Å². The predicted molar refractivity (Wildman–Crippen MR) is 87.7 cm³/mol. The van der Waals surface area contributed by atoms with Crippen molar-refractivity contribution in [2.75, 3.05) is 5.75 Å². The summed E-state index contributed by atoms with van der Waals surface area (Å²) in [5, 5.41) is 0. The number of carbonyl (C=O) groups is 1. The second-order valence-electron chi connectivity index (χ2n) is 7.28. The normalized spacial score (nSPS) is 24.3. The largest absolute Gasteiger partial charge is 0.443 e. The molecule has 3 nitrogen and oxygen atoms in total. The number of carbonyl (C=O) groups excluding carboxylic acids is 1. The molecule has 1 aromatic carbocycles. The summed E-state index contributed by atoms with van der Waals surface area (Å²) in [6.07, 6.45) is -3.77. The molecule has 0 aliphatic heterocycles. The molecule has 1 fully saturated rings. The maximum Gasteiger partial charge on any atom is 0.416 e. The van der Waals surface area contributed by atoms with E-state index < -0.39 is 23.4 Å². The Labute approximate surface area is 144 Å². The van der Waals surface area contributed by atoms with Crippen molar-refractivity contribution in [3.05, 3.63) is 29.8 Å². The van der Waals surface area contributed by atoms with Gasteiger partial charge in [-0.3, -0.25) is 0 Å². The number of amides is 1. The van der Waals surface area contributed by atoms with Crippen LogP contribution in [0.2, 0.25) is 0 Å². The molecule has 1 aliphatic rings. The summed E-state index contributed by atoms with van der Waals surface area (Å²) in [7, 11) is 0. The highest BCUT2D eigenvalue weighted by Gasteiger charge is 2.54. The smallest absolute Gasteiger partial charge is 0.416 e. The first-order chi connectivity index (χ1) is 10.9. The molecule has 0 spiro atoms. The summed E-state index contributed by atoms with van der Waals surface area (Å²) in [5.74, 6) is 0.962. The quantitative estimate of drug-likeness (QED) is 0.760. The van der Waals surface area contributed by atoms with E-state index in [1.807, 2.05) is 20.8 Å². The van der Waals surface area contributed by atoms with Gasteiger partial charge in [0.2, 0.25) is 0 Å². The highest BCUT2D eigenvalue weighted by molar-refractivity contribution is 7.99. The van der Waals surface area contributed by atoms with E-state index in [1.54, 1.807) is 6.07 Å². The lowest BCUT2D eigenvalue weighted by atomic mass is 9.59. The SMILES string of the molecule is CC(C)(C)[C@]1(OC(N)=O)C[C@H](CSc2cccc(C(F)(F)F)c2)C1. The average molecular weight is 361 g/mol. The number of hydrogen-bond acceptors (Lipinski definition) is 3. The van der Waals surface area contributed by atoms with Crippen molar-refractivity contribution in [3.8, 4) is 0 Å². The van der Waals surface area contributed by atoms with E-state index in [9.17, 15) is 18.0 Å². The lowest BCUT2D eigenvalue weighted by Crippen LogP contribution is -2.57. The van der Waals surface area contributed by atoms with Gasteiger partial charge in [-0.25, -0.2) is 4.79 Å². The van der Waals surface area contributed by atoms with E-state index >= 15 is 0 Å². The molecule has 7 heteroatoms. The number of alkyl halides is 3. The van der Waals surface area contributed by atoms with Crippen LogP contribution in [0.4, 0.5) is 18.0 Å². The van der Waals surface area contributed by atoms with Crippen LogP contribution < -0.4 is 5.73 Å². The van der Waals surface area contributed by atoms with Crippen LogP contribution >= 0.6 is 11.8 Å². The molecule has 0 unspecified atom stereocenters. The van der Waals surface area contributed by atoms with Crippen LogP contribution in [0, 0.1) is 11.3 Å². The third-order valence-corrected chi connectivity index (χ3v) is 5.77. The van der Waals surface area contributed by atoms with E-state index in [1.165, 1.54) is 23.9 Å². The Kier molecular flexibility index (Phi) is 5.14. The number of ether oxygens (including phenoxy) is 1. The fourth-order valence-corrected chi connectivity index (χ4v) is 4.06. The fourth-order valence-electron chi connectivity index (χ4n) is 3.01. The van der Waals surface area contributed by atoms with Crippen LogP contribution in [0.5, 0.6) is 0 Å². The molecule has 1 saturated carbocycles. The predicted octanol–water partition coefficient (Wildman–Crippen LogP) is 5.09. The molecule has 0 saturated heterocycles. The molecule has 0 aromatic heterocycles.